The molecule has 1 saturated heterocycles. The molecule has 0 aromatic heterocycles. The molecule has 0 aromatic carbocycles. The standard InChI is InChI=1S/C13H24N2O3S/c1-9-5-4-7-15(10(9)2)13(18)14-11(12(16)17)6-8-19-3/h9-11H,4-8H2,1-3H3,(H,14,18)(H,16,17). The Labute approximate surface area is 119 Å². The number of thioether (sulfide) groups is 1. The van der Waals surface area contributed by atoms with Crippen LogP contribution in [0, 0.1) is 5.92 Å². The number of rotatable bonds is 5. The van der Waals surface area contributed by atoms with Crippen molar-refractivity contribution < 1.29 is 14.7 Å². The van der Waals surface area contributed by atoms with Crippen LogP contribution in [0.3, 0.4) is 0 Å². The van der Waals surface area contributed by atoms with Gasteiger partial charge in [-0.05, 0) is 44.1 Å². The van der Waals surface area contributed by atoms with Gasteiger partial charge in [0.25, 0.3) is 0 Å². The maximum atomic E-state index is 12.2. The minimum atomic E-state index is -0.958. The van der Waals surface area contributed by atoms with Crippen molar-refractivity contribution in [3.8, 4) is 0 Å². The molecule has 1 aliphatic heterocycles. The van der Waals surface area contributed by atoms with Crippen LogP contribution < -0.4 is 5.32 Å². The number of hydrogen-bond donors (Lipinski definition) is 2. The van der Waals surface area contributed by atoms with E-state index in [2.05, 4.69) is 12.2 Å². The first-order valence-electron chi connectivity index (χ1n) is 6.76. The average Bonchev–Trinajstić information content (AvgIpc) is 2.37. The number of carboxylic acids is 1. The number of carboxylic acid groups (broad SMARTS) is 1. The van der Waals surface area contributed by atoms with Gasteiger partial charge in [0.1, 0.15) is 6.04 Å². The van der Waals surface area contributed by atoms with Gasteiger partial charge in [0.05, 0.1) is 0 Å². The van der Waals surface area contributed by atoms with E-state index in [1.807, 2.05) is 13.2 Å². The van der Waals surface area contributed by atoms with Gasteiger partial charge in [-0.15, -0.1) is 0 Å². The Hall–Kier alpha value is -0.910. The minimum Gasteiger partial charge on any atom is -0.480 e. The van der Waals surface area contributed by atoms with Crippen LogP contribution in [0.1, 0.15) is 33.1 Å². The third kappa shape index (κ3) is 4.60. The van der Waals surface area contributed by atoms with E-state index in [0.717, 1.165) is 18.6 Å². The zero-order valence-corrected chi connectivity index (χ0v) is 12.7. The number of aliphatic carboxylic acids is 1. The van der Waals surface area contributed by atoms with E-state index in [0.29, 0.717) is 18.9 Å². The number of hydrogen-bond acceptors (Lipinski definition) is 3. The third-order valence-corrected chi connectivity index (χ3v) is 4.48. The maximum absolute atomic E-state index is 12.2. The number of carbonyl (C=O) groups is 2. The lowest BCUT2D eigenvalue weighted by Crippen LogP contribution is -2.54. The number of nitrogens with zero attached hydrogens (tertiary/aromatic N) is 1. The molecule has 1 heterocycles. The number of piperidine rings is 1. The maximum Gasteiger partial charge on any atom is 0.326 e. The fourth-order valence-corrected chi connectivity index (χ4v) is 2.82. The molecule has 5 nitrogen and oxygen atoms in total. The molecule has 0 saturated carbocycles. The first-order valence-corrected chi connectivity index (χ1v) is 8.15. The number of urea groups is 1. The van der Waals surface area contributed by atoms with Gasteiger partial charge in [0.15, 0.2) is 0 Å². The topological polar surface area (TPSA) is 69.6 Å². The Bertz CT molecular complexity index is 325. The summed E-state index contributed by atoms with van der Waals surface area (Å²) < 4.78 is 0. The van der Waals surface area contributed by atoms with Crippen LogP contribution in [0.4, 0.5) is 4.79 Å². The highest BCUT2D eigenvalue weighted by atomic mass is 32.2. The zero-order valence-electron chi connectivity index (χ0n) is 11.9. The van der Waals surface area contributed by atoms with Gasteiger partial charge in [-0.25, -0.2) is 9.59 Å². The second kappa shape index (κ2) is 7.62. The van der Waals surface area contributed by atoms with Gasteiger partial charge in [0.2, 0.25) is 0 Å². The predicted molar refractivity (Wildman–Crippen MR) is 77.5 cm³/mol. The lowest BCUT2D eigenvalue weighted by molar-refractivity contribution is -0.139. The van der Waals surface area contributed by atoms with Crippen molar-refractivity contribution in [2.45, 2.75) is 45.2 Å². The highest BCUT2D eigenvalue weighted by molar-refractivity contribution is 7.98. The molecule has 0 aliphatic carbocycles. The summed E-state index contributed by atoms with van der Waals surface area (Å²) in [4.78, 5) is 25.1. The Kier molecular flexibility index (Phi) is 6.48. The smallest absolute Gasteiger partial charge is 0.326 e. The van der Waals surface area contributed by atoms with Crippen molar-refractivity contribution in [1.29, 1.82) is 0 Å². The Morgan fingerprint density at radius 3 is 2.74 bits per heavy atom. The Morgan fingerprint density at radius 2 is 2.16 bits per heavy atom. The summed E-state index contributed by atoms with van der Waals surface area (Å²) in [6.07, 6.45) is 4.50. The van der Waals surface area contributed by atoms with Gasteiger partial charge in [0, 0.05) is 12.6 Å². The van der Waals surface area contributed by atoms with Gasteiger partial charge in [-0.2, -0.15) is 11.8 Å². The van der Waals surface area contributed by atoms with Crippen LogP contribution in [0.15, 0.2) is 0 Å². The molecule has 2 amide bonds. The van der Waals surface area contributed by atoms with Crippen molar-refractivity contribution in [1.82, 2.24) is 10.2 Å². The second-order valence-electron chi connectivity index (χ2n) is 5.18. The van der Waals surface area contributed by atoms with Crippen molar-refractivity contribution in [3.63, 3.8) is 0 Å². The lowest BCUT2D eigenvalue weighted by Gasteiger charge is -2.38. The van der Waals surface area contributed by atoms with E-state index in [4.69, 9.17) is 5.11 Å². The summed E-state index contributed by atoms with van der Waals surface area (Å²) in [5, 5.41) is 11.8. The fourth-order valence-electron chi connectivity index (χ4n) is 2.35. The van der Waals surface area contributed by atoms with Crippen LogP contribution in [-0.2, 0) is 4.79 Å². The number of amides is 2. The summed E-state index contributed by atoms with van der Waals surface area (Å²) in [7, 11) is 0. The summed E-state index contributed by atoms with van der Waals surface area (Å²) >= 11 is 1.58. The van der Waals surface area contributed by atoms with Crippen molar-refractivity contribution in [2.24, 2.45) is 5.92 Å². The molecule has 0 aromatic rings. The molecule has 3 atom stereocenters. The number of likely N-dealkylation sites (tertiary alicyclic amines) is 1. The first-order chi connectivity index (χ1) is 8.97. The summed E-state index contributed by atoms with van der Waals surface area (Å²) in [6, 6.07) is -0.860. The van der Waals surface area contributed by atoms with Crippen molar-refractivity contribution in [3.05, 3.63) is 0 Å². The molecule has 0 spiro atoms. The largest absolute Gasteiger partial charge is 0.480 e. The molecule has 19 heavy (non-hydrogen) atoms. The van der Waals surface area contributed by atoms with E-state index in [1.54, 1.807) is 16.7 Å². The van der Waals surface area contributed by atoms with Crippen LogP contribution in [0.2, 0.25) is 0 Å². The van der Waals surface area contributed by atoms with E-state index in [-0.39, 0.29) is 12.1 Å². The van der Waals surface area contributed by atoms with E-state index >= 15 is 0 Å². The van der Waals surface area contributed by atoms with Crippen LogP contribution in [-0.4, -0.2) is 52.6 Å². The van der Waals surface area contributed by atoms with Crippen LogP contribution in [0.25, 0.3) is 0 Å². The Morgan fingerprint density at radius 1 is 1.47 bits per heavy atom. The van der Waals surface area contributed by atoms with Crippen LogP contribution in [0.5, 0.6) is 0 Å². The molecule has 0 radical (unpaired) electrons. The average molecular weight is 288 g/mol. The molecule has 3 unspecified atom stereocenters. The number of carbonyl (C=O) groups excluding carboxylic acids is 1. The molecule has 1 rings (SSSR count). The highest BCUT2D eigenvalue weighted by Gasteiger charge is 2.30. The van der Waals surface area contributed by atoms with Crippen molar-refractivity contribution >= 4 is 23.8 Å². The molecular formula is C13H24N2O3S. The summed E-state index contributed by atoms with van der Waals surface area (Å²) in [5.41, 5.74) is 0. The Balaban J connectivity index is 2.58. The molecule has 6 heteroatoms. The lowest BCUT2D eigenvalue weighted by atomic mass is 9.92. The molecular weight excluding hydrogens is 264 g/mol. The molecule has 1 fully saturated rings. The first kappa shape index (κ1) is 16.1. The van der Waals surface area contributed by atoms with E-state index in [1.165, 1.54) is 0 Å². The predicted octanol–water partition coefficient (Wildman–Crippen LogP) is 2.02. The molecule has 1 aliphatic rings. The molecule has 2 N–H and O–H groups in total. The second-order valence-corrected chi connectivity index (χ2v) is 6.16. The molecule has 0 bridgehead atoms. The van der Waals surface area contributed by atoms with Crippen LogP contribution >= 0.6 is 11.8 Å². The normalized spacial score (nSPS) is 24.9. The summed E-state index contributed by atoms with van der Waals surface area (Å²) in [6.45, 7) is 4.87. The fraction of sp³-hybridized carbons (Fsp3) is 0.846. The van der Waals surface area contributed by atoms with Gasteiger partial charge >= 0.3 is 12.0 Å². The monoisotopic (exact) mass is 288 g/mol. The van der Waals surface area contributed by atoms with E-state index in [9.17, 15) is 9.59 Å². The quantitative estimate of drug-likeness (QED) is 0.812. The van der Waals surface area contributed by atoms with Gasteiger partial charge in [-0.1, -0.05) is 6.92 Å². The molecule has 110 valence electrons. The minimum absolute atomic E-state index is 0.170. The van der Waals surface area contributed by atoms with Crippen molar-refractivity contribution in [2.75, 3.05) is 18.6 Å². The van der Waals surface area contributed by atoms with Gasteiger partial charge < -0.3 is 15.3 Å². The third-order valence-electron chi connectivity index (χ3n) is 3.84. The summed E-state index contributed by atoms with van der Waals surface area (Å²) in [5.74, 6) is 0.234. The zero-order chi connectivity index (χ0) is 14.4. The highest BCUT2D eigenvalue weighted by Crippen LogP contribution is 2.22. The van der Waals surface area contributed by atoms with E-state index < -0.39 is 12.0 Å². The SMILES string of the molecule is CSCCC(NC(=O)N1CCCC(C)C1C)C(=O)O. The van der Waals surface area contributed by atoms with Gasteiger partial charge in [-0.3, -0.25) is 0 Å². The number of nitrogens with one attached hydrogen (secondary N) is 1.